The van der Waals surface area contributed by atoms with E-state index in [2.05, 4.69) is 9.97 Å². The van der Waals surface area contributed by atoms with Crippen molar-refractivity contribution < 1.29 is 19.1 Å². The van der Waals surface area contributed by atoms with E-state index in [4.69, 9.17) is 0 Å². The molecule has 1 aliphatic rings. The zero-order valence-corrected chi connectivity index (χ0v) is 12.1. The fraction of sp³-hybridized carbons (Fsp3) is 0.400. The van der Waals surface area contributed by atoms with Crippen LogP contribution in [-0.4, -0.2) is 43.9 Å². The fourth-order valence-corrected chi connectivity index (χ4v) is 2.88. The number of rotatable bonds is 2. The second kappa shape index (κ2) is 5.08. The van der Waals surface area contributed by atoms with Crippen LogP contribution in [0.5, 0.6) is 0 Å². The van der Waals surface area contributed by atoms with Crippen LogP contribution < -0.4 is 0 Å². The van der Waals surface area contributed by atoms with Gasteiger partial charge < -0.3 is 15.0 Å². The van der Waals surface area contributed by atoms with Gasteiger partial charge in [0.25, 0.3) is 5.91 Å². The molecule has 1 amide bonds. The number of nitrogens with one attached hydrogen (secondary N) is 1. The molecule has 1 aromatic heterocycles. The summed E-state index contributed by atoms with van der Waals surface area (Å²) in [5, 5.41) is 9.47. The van der Waals surface area contributed by atoms with Crippen LogP contribution in [0.2, 0.25) is 0 Å². The van der Waals surface area contributed by atoms with E-state index in [1.807, 2.05) is 0 Å². The number of aromatic amines is 1. The van der Waals surface area contributed by atoms with E-state index in [9.17, 15) is 19.1 Å². The first-order chi connectivity index (χ1) is 10.4. The minimum Gasteiger partial charge on any atom is -0.480 e. The van der Waals surface area contributed by atoms with Crippen molar-refractivity contribution in [3.63, 3.8) is 0 Å². The lowest BCUT2D eigenvalue weighted by atomic mass is 9.88. The summed E-state index contributed by atoms with van der Waals surface area (Å²) < 4.78 is 13.2. The number of nitrogens with zero attached hydrogens (tertiary/aromatic N) is 2. The van der Waals surface area contributed by atoms with Crippen LogP contribution in [0.4, 0.5) is 4.39 Å². The van der Waals surface area contributed by atoms with Gasteiger partial charge in [0.15, 0.2) is 5.82 Å². The molecule has 2 aromatic rings. The number of carbonyl (C=O) groups is 2. The highest BCUT2D eigenvalue weighted by Gasteiger charge is 2.44. The van der Waals surface area contributed by atoms with Gasteiger partial charge in [-0.3, -0.25) is 4.79 Å². The van der Waals surface area contributed by atoms with Crippen LogP contribution in [0.25, 0.3) is 11.0 Å². The number of likely N-dealkylation sites (tertiary alicyclic amines) is 1. The number of piperidine rings is 1. The molecule has 1 saturated heterocycles. The Bertz CT molecular complexity index is 758. The second-order valence-corrected chi connectivity index (χ2v) is 5.74. The monoisotopic (exact) mass is 305 g/mol. The highest BCUT2D eigenvalue weighted by Crippen LogP contribution is 2.29. The molecule has 2 N–H and O–H groups in total. The van der Waals surface area contributed by atoms with Crippen molar-refractivity contribution in [2.24, 2.45) is 0 Å². The van der Waals surface area contributed by atoms with Crippen molar-refractivity contribution in [2.75, 3.05) is 6.54 Å². The number of carboxylic acids is 1. The number of carbonyl (C=O) groups excluding carboxylic acids is 1. The predicted octanol–water partition coefficient (Wildman–Crippen LogP) is 2.17. The summed E-state index contributed by atoms with van der Waals surface area (Å²) in [6.07, 6.45) is 1.92. The Hall–Kier alpha value is -2.44. The van der Waals surface area contributed by atoms with Gasteiger partial charge in [0.05, 0.1) is 11.0 Å². The molecule has 0 aliphatic carbocycles. The van der Waals surface area contributed by atoms with Crippen molar-refractivity contribution in [1.29, 1.82) is 0 Å². The Kier molecular flexibility index (Phi) is 3.35. The number of carboxylic acid groups (broad SMARTS) is 1. The molecule has 1 atom stereocenters. The maximum absolute atomic E-state index is 13.2. The molecule has 2 heterocycles. The normalized spacial score (nSPS) is 22.0. The minimum atomic E-state index is -1.24. The molecule has 1 fully saturated rings. The standard InChI is InChI=1S/C15H16FN3O3/c1-15(14(21)22)6-2-3-7-19(15)13(20)12-17-10-5-4-9(16)8-11(10)18-12/h4-5,8H,2-3,6-7H2,1H3,(H,17,18)(H,21,22)/t15-/m1/s1. The third-order valence-electron chi connectivity index (χ3n) is 4.24. The lowest BCUT2D eigenvalue weighted by Crippen LogP contribution is -2.57. The maximum Gasteiger partial charge on any atom is 0.329 e. The quantitative estimate of drug-likeness (QED) is 0.890. The molecule has 7 heteroatoms. The number of benzene rings is 1. The molecule has 116 valence electrons. The number of aromatic nitrogens is 2. The molecule has 1 aliphatic heterocycles. The fourth-order valence-electron chi connectivity index (χ4n) is 2.88. The van der Waals surface area contributed by atoms with Gasteiger partial charge >= 0.3 is 5.97 Å². The van der Waals surface area contributed by atoms with Crippen LogP contribution >= 0.6 is 0 Å². The average Bonchev–Trinajstić information content (AvgIpc) is 2.90. The van der Waals surface area contributed by atoms with Gasteiger partial charge in [0.1, 0.15) is 11.4 Å². The third kappa shape index (κ3) is 2.22. The first kappa shape index (κ1) is 14.5. The first-order valence-electron chi connectivity index (χ1n) is 7.12. The van der Waals surface area contributed by atoms with Gasteiger partial charge in [-0.2, -0.15) is 0 Å². The topological polar surface area (TPSA) is 86.3 Å². The summed E-state index contributed by atoms with van der Waals surface area (Å²) in [4.78, 5) is 32.5. The van der Waals surface area contributed by atoms with E-state index in [1.54, 1.807) is 6.92 Å². The zero-order valence-electron chi connectivity index (χ0n) is 12.1. The van der Waals surface area contributed by atoms with E-state index >= 15 is 0 Å². The smallest absolute Gasteiger partial charge is 0.329 e. The molecule has 22 heavy (non-hydrogen) atoms. The number of amides is 1. The average molecular weight is 305 g/mol. The van der Waals surface area contributed by atoms with E-state index in [-0.39, 0.29) is 5.82 Å². The van der Waals surface area contributed by atoms with Crippen LogP contribution in [0, 0.1) is 5.82 Å². The van der Waals surface area contributed by atoms with Crippen molar-refractivity contribution in [3.05, 3.63) is 29.8 Å². The van der Waals surface area contributed by atoms with E-state index in [0.29, 0.717) is 24.0 Å². The van der Waals surface area contributed by atoms with Gasteiger partial charge in [-0.05, 0) is 44.4 Å². The molecule has 6 nitrogen and oxygen atoms in total. The van der Waals surface area contributed by atoms with Gasteiger partial charge in [-0.1, -0.05) is 0 Å². The highest BCUT2D eigenvalue weighted by molar-refractivity contribution is 5.97. The Labute approximate surface area is 125 Å². The Morgan fingerprint density at radius 2 is 2.18 bits per heavy atom. The SMILES string of the molecule is C[C@]1(C(=O)O)CCCCN1C(=O)c1nc2ccc(F)cc2[nH]1. The largest absolute Gasteiger partial charge is 0.480 e. The van der Waals surface area contributed by atoms with Gasteiger partial charge in [0.2, 0.25) is 0 Å². The van der Waals surface area contributed by atoms with Crippen LogP contribution in [0.15, 0.2) is 18.2 Å². The molecule has 3 rings (SSSR count). The number of hydrogen-bond acceptors (Lipinski definition) is 3. The van der Waals surface area contributed by atoms with Crippen LogP contribution in [-0.2, 0) is 4.79 Å². The Morgan fingerprint density at radius 3 is 2.91 bits per heavy atom. The number of imidazole rings is 1. The molecule has 0 spiro atoms. The molecule has 0 unspecified atom stereocenters. The van der Waals surface area contributed by atoms with Gasteiger partial charge in [-0.25, -0.2) is 14.2 Å². The van der Waals surface area contributed by atoms with Gasteiger partial charge in [-0.15, -0.1) is 0 Å². The summed E-state index contributed by atoms with van der Waals surface area (Å²) in [5.41, 5.74) is -0.351. The number of fused-ring (bicyclic) bond motifs is 1. The number of H-pyrrole nitrogens is 1. The number of hydrogen-bond donors (Lipinski definition) is 2. The highest BCUT2D eigenvalue weighted by atomic mass is 19.1. The molecule has 0 radical (unpaired) electrons. The summed E-state index contributed by atoms with van der Waals surface area (Å²) in [5.74, 6) is -1.89. The molecular formula is C15H16FN3O3. The molecular weight excluding hydrogens is 289 g/mol. The minimum absolute atomic E-state index is 0.0370. The Morgan fingerprint density at radius 1 is 1.41 bits per heavy atom. The molecule has 0 saturated carbocycles. The molecule has 1 aromatic carbocycles. The lowest BCUT2D eigenvalue weighted by molar-refractivity contribution is -0.150. The van der Waals surface area contributed by atoms with Gasteiger partial charge in [0, 0.05) is 6.54 Å². The lowest BCUT2D eigenvalue weighted by Gasteiger charge is -2.41. The first-order valence-corrected chi connectivity index (χ1v) is 7.12. The van der Waals surface area contributed by atoms with Crippen LogP contribution in [0.3, 0.4) is 0 Å². The van der Waals surface area contributed by atoms with Crippen molar-refractivity contribution >= 4 is 22.9 Å². The van der Waals surface area contributed by atoms with Crippen molar-refractivity contribution in [1.82, 2.24) is 14.9 Å². The summed E-state index contributed by atoms with van der Waals surface area (Å²) >= 11 is 0. The summed E-state index contributed by atoms with van der Waals surface area (Å²) in [6.45, 7) is 1.92. The third-order valence-corrected chi connectivity index (χ3v) is 4.24. The summed E-state index contributed by atoms with van der Waals surface area (Å²) in [7, 11) is 0. The zero-order chi connectivity index (χ0) is 15.9. The Balaban J connectivity index is 1.98. The van der Waals surface area contributed by atoms with Crippen molar-refractivity contribution in [2.45, 2.75) is 31.7 Å². The second-order valence-electron chi connectivity index (χ2n) is 5.74. The number of halogens is 1. The maximum atomic E-state index is 13.2. The van der Waals surface area contributed by atoms with Crippen molar-refractivity contribution in [3.8, 4) is 0 Å². The number of aliphatic carboxylic acids is 1. The van der Waals surface area contributed by atoms with E-state index in [0.717, 1.165) is 12.8 Å². The van der Waals surface area contributed by atoms with Crippen LogP contribution in [0.1, 0.15) is 36.8 Å². The summed E-state index contributed by atoms with van der Waals surface area (Å²) in [6, 6.07) is 4.00. The van der Waals surface area contributed by atoms with E-state index < -0.39 is 23.2 Å². The predicted molar refractivity (Wildman–Crippen MR) is 77.0 cm³/mol. The molecule has 0 bridgehead atoms. The van der Waals surface area contributed by atoms with E-state index in [1.165, 1.54) is 23.1 Å².